The van der Waals surface area contributed by atoms with Gasteiger partial charge < -0.3 is 20.4 Å². The summed E-state index contributed by atoms with van der Waals surface area (Å²) in [6.07, 6.45) is 6.08. The summed E-state index contributed by atoms with van der Waals surface area (Å²) >= 11 is 5.41. The number of rotatable bonds is 5. The minimum Gasteiger partial charge on any atom is -0.362 e. The maximum absolute atomic E-state index is 5.41. The summed E-state index contributed by atoms with van der Waals surface area (Å²) in [6.45, 7) is 11.9. The number of thiocarbonyl (C=S) groups is 1. The van der Waals surface area contributed by atoms with E-state index >= 15 is 0 Å². The third-order valence-electron chi connectivity index (χ3n) is 5.42. The molecule has 2 atom stereocenters. The van der Waals surface area contributed by atoms with Crippen molar-refractivity contribution in [3.63, 3.8) is 0 Å². The Balaban J connectivity index is 1.83. The molecule has 1 aromatic heterocycles. The lowest BCUT2D eigenvalue weighted by molar-refractivity contribution is 0.441. The van der Waals surface area contributed by atoms with Gasteiger partial charge in [0, 0.05) is 38.8 Å². The Morgan fingerprint density at radius 1 is 1.07 bits per heavy atom. The lowest BCUT2D eigenvalue weighted by atomic mass is 10.00. The normalized spacial score (nSPS) is 23.2. The second kappa shape index (κ2) is 9.53. The largest absolute Gasteiger partial charge is 0.362 e. The number of anilines is 3. The van der Waals surface area contributed by atoms with Crippen LogP contribution >= 0.6 is 12.2 Å². The van der Waals surface area contributed by atoms with E-state index in [1.165, 1.54) is 25.7 Å². The van der Waals surface area contributed by atoms with Crippen LogP contribution in [-0.2, 0) is 0 Å². The average Bonchev–Trinajstić information content (AvgIpc) is 2.66. The molecule has 6 nitrogen and oxygen atoms in total. The third kappa shape index (κ3) is 5.67. The highest BCUT2D eigenvalue weighted by atomic mass is 32.1. The average molecular weight is 391 g/mol. The molecule has 0 saturated carbocycles. The van der Waals surface area contributed by atoms with Crippen molar-refractivity contribution in [2.45, 2.75) is 52.9 Å². The molecule has 1 aromatic rings. The van der Waals surface area contributed by atoms with Crippen molar-refractivity contribution < 1.29 is 0 Å². The molecular weight excluding hydrogens is 356 g/mol. The molecular formula is C20H34N6S. The number of aromatic nitrogens is 2. The molecule has 2 fully saturated rings. The minimum atomic E-state index is 0.596. The lowest BCUT2D eigenvalue weighted by Crippen LogP contribution is -2.37. The fourth-order valence-electron chi connectivity index (χ4n) is 3.98. The molecule has 2 N–H and O–H groups in total. The number of hydrogen-bond acceptors (Lipinski definition) is 5. The van der Waals surface area contributed by atoms with Crippen molar-refractivity contribution in [1.82, 2.24) is 15.3 Å². The lowest BCUT2D eigenvalue weighted by Gasteiger charge is -2.35. The van der Waals surface area contributed by atoms with Crippen molar-refractivity contribution >= 4 is 34.9 Å². The number of nitrogens with one attached hydrogen (secondary N) is 2. The van der Waals surface area contributed by atoms with Crippen LogP contribution in [0.15, 0.2) is 6.07 Å². The van der Waals surface area contributed by atoms with E-state index in [9.17, 15) is 0 Å². The molecule has 2 saturated heterocycles. The molecule has 0 amide bonds. The molecule has 0 radical (unpaired) electrons. The van der Waals surface area contributed by atoms with Crippen LogP contribution in [0.25, 0.3) is 0 Å². The molecule has 7 heteroatoms. The van der Waals surface area contributed by atoms with Gasteiger partial charge in [-0.3, -0.25) is 0 Å². The van der Waals surface area contributed by atoms with E-state index in [4.69, 9.17) is 22.2 Å². The highest BCUT2D eigenvalue weighted by Gasteiger charge is 2.23. The van der Waals surface area contributed by atoms with Crippen molar-refractivity contribution in [2.24, 2.45) is 11.8 Å². The van der Waals surface area contributed by atoms with E-state index in [-0.39, 0.29) is 0 Å². The molecule has 3 rings (SSSR count). The summed E-state index contributed by atoms with van der Waals surface area (Å²) in [5.41, 5.74) is 0. The van der Waals surface area contributed by atoms with E-state index in [0.29, 0.717) is 22.9 Å². The summed E-state index contributed by atoms with van der Waals surface area (Å²) in [5, 5.41) is 7.01. The van der Waals surface area contributed by atoms with Gasteiger partial charge in [0.1, 0.15) is 11.6 Å². The Bertz CT molecular complexity index is 597. The Kier molecular flexibility index (Phi) is 7.10. The van der Waals surface area contributed by atoms with Gasteiger partial charge in [-0.1, -0.05) is 20.8 Å². The van der Waals surface area contributed by atoms with Crippen LogP contribution in [0.2, 0.25) is 0 Å². The maximum Gasteiger partial charge on any atom is 0.232 e. The summed E-state index contributed by atoms with van der Waals surface area (Å²) in [4.78, 5) is 14.4. The van der Waals surface area contributed by atoms with Crippen molar-refractivity contribution in [1.29, 1.82) is 0 Å². The Morgan fingerprint density at radius 3 is 2.11 bits per heavy atom. The molecule has 0 aromatic carbocycles. The van der Waals surface area contributed by atoms with Crippen molar-refractivity contribution in [3.05, 3.63) is 6.07 Å². The van der Waals surface area contributed by atoms with Crippen LogP contribution in [-0.4, -0.2) is 47.8 Å². The van der Waals surface area contributed by atoms with Crippen LogP contribution in [0.4, 0.5) is 17.6 Å². The van der Waals surface area contributed by atoms with Crippen LogP contribution in [0.3, 0.4) is 0 Å². The molecule has 0 bridgehead atoms. The standard InChI is InChI=1S/C20H34N6S/c1-4-9-21-20(27)24-19-22-17(25-10-5-7-15(2)13-25)12-18(23-19)26-11-6-8-16(3)14-26/h12,15-16H,4-11,13-14H2,1-3H3,(H2,21,22,23,24,27)/t15-,16+. The monoisotopic (exact) mass is 390 g/mol. The van der Waals surface area contributed by atoms with Crippen LogP contribution in [0.5, 0.6) is 0 Å². The first kappa shape index (κ1) is 20.1. The van der Waals surface area contributed by atoms with E-state index in [1.807, 2.05) is 0 Å². The molecule has 0 spiro atoms. The van der Waals surface area contributed by atoms with Crippen molar-refractivity contribution in [2.75, 3.05) is 47.8 Å². The fourth-order valence-corrected chi connectivity index (χ4v) is 4.17. The van der Waals surface area contributed by atoms with Gasteiger partial charge in [0.05, 0.1) is 0 Å². The third-order valence-corrected chi connectivity index (χ3v) is 5.67. The zero-order valence-electron chi connectivity index (χ0n) is 17.0. The van der Waals surface area contributed by atoms with Crippen LogP contribution in [0, 0.1) is 11.8 Å². The second-order valence-corrected chi connectivity index (χ2v) is 8.58. The van der Waals surface area contributed by atoms with Gasteiger partial charge in [-0.2, -0.15) is 9.97 Å². The van der Waals surface area contributed by atoms with Crippen LogP contribution < -0.4 is 20.4 Å². The minimum absolute atomic E-state index is 0.596. The Morgan fingerprint density at radius 2 is 1.63 bits per heavy atom. The SMILES string of the molecule is CCCNC(=S)Nc1nc(N2CCC[C@@H](C)C2)cc(N2CCC[C@H](C)C2)n1. The highest BCUT2D eigenvalue weighted by Crippen LogP contribution is 2.28. The van der Waals surface area contributed by atoms with Gasteiger partial charge >= 0.3 is 0 Å². The highest BCUT2D eigenvalue weighted by molar-refractivity contribution is 7.80. The molecule has 2 aliphatic heterocycles. The molecule has 3 heterocycles. The van der Waals surface area contributed by atoms with Gasteiger partial charge in [-0.05, 0) is 56.2 Å². The van der Waals surface area contributed by atoms with E-state index in [0.717, 1.165) is 50.8 Å². The molecule has 0 unspecified atom stereocenters. The van der Waals surface area contributed by atoms with Crippen molar-refractivity contribution in [3.8, 4) is 0 Å². The van der Waals surface area contributed by atoms with Gasteiger partial charge in [-0.25, -0.2) is 0 Å². The smallest absolute Gasteiger partial charge is 0.232 e. The quantitative estimate of drug-likeness (QED) is 0.744. The number of piperidine rings is 2. The number of nitrogens with zero attached hydrogens (tertiary/aromatic N) is 4. The second-order valence-electron chi connectivity index (χ2n) is 8.18. The first-order valence-corrected chi connectivity index (χ1v) is 10.9. The zero-order chi connectivity index (χ0) is 19.2. The van der Waals surface area contributed by atoms with Gasteiger partial charge in [0.15, 0.2) is 5.11 Å². The Hall–Kier alpha value is -1.63. The first-order valence-electron chi connectivity index (χ1n) is 10.5. The maximum atomic E-state index is 5.41. The van der Waals surface area contributed by atoms with E-state index < -0.39 is 0 Å². The summed E-state index contributed by atoms with van der Waals surface area (Å²) in [6, 6.07) is 2.17. The topological polar surface area (TPSA) is 56.3 Å². The summed E-state index contributed by atoms with van der Waals surface area (Å²) in [5.74, 6) is 4.05. The molecule has 2 aliphatic rings. The zero-order valence-corrected chi connectivity index (χ0v) is 17.8. The summed E-state index contributed by atoms with van der Waals surface area (Å²) < 4.78 is 0. The predicted molar refractivity (Wildman–Crippen MR) is 118 cm³/mol. The Labute approximate surface area is 169 Å². The molecule has 0 aliphatic carbocycles. The van der Waals surface area contributed by atoms with Gasteiger partial charge in [0.25, 0.3) is 0 Å². The summed E-state index contributed by atoms with van der Waals surface area (Å²) in [7, 11) is 0. The molecule has 150 valence electrons. The first-order chi connectivity index (χ1) is 13.0. The van der Waals surface area contributed by atoms with E-state index in [2.05, 4.69) is 47.3 Å². The van der Waals surface area contributed by atoms with Gasteiger partial charge in [-0.15, -0.1) is 0 Å². The fraction of sp³-hybridized carbons (Fsp3) is 0.750. The predicted octanol–water partition coefficient (Wildman–Crippen LogP) is 3.65. The molecule has 27 heavy (non-hydrogen) atoms. The van der Waals surface area contributed by atoms with Crippen LogP contribution in [0.1, 0.15) is 52.9 Å². The number of hydrogen-bond donors (Lipinski definition) is 2. The van der Waals surface area contributed by atoms with Gasteiger partial charge in [0.2, 0.25) is 5.95 Å². The van der Waals surface area contributed by atoms with E-state index in [1.54, 1.807) is 0 Å².